The number of thiophene rings is 1. The van der Waals surface area contributed by atoms with Crippen LogP contribution in [0, 0.1) is 0 Å². The van der Waals surface area contributed by atoms with E-state index in [9.17, 15) is 18.0 Å². The maximum Gasteiger partial charge on any atom is 0.348 e. The molecule has 4 N–H and O–H groups in total. The molecule has 2 heterocycles. The van der Waals surface area contributed by atoms with Crippen LogP contribution in [-0.2, 0) is 17.1 Å². The van der Waals surface area contributed by atoms with Gasteiger partial charge in [0.05, 0.1) is 5.69 Å². The molecule has 21 heavy (non-hydrogen) atoms. The highest BCUT2D eigenvalue weighted by molar-refractivity contribution is 7.89. The first-order valence-corrected chi connectivity index (χ1v) is 7.94. The summed E-state index contributed by atoms with van der Waals surface area (Å²) >= 11 is 0.972. The Morgan fingerprint density at radius 3 is 2.62 bits per heavy atom. The molecule has 0 aliphatic rings. The van der Waals surface area contributed by atoms with Crippen molar-refractivity contribution in [3.8, 4) is 0 Å². The summed E-state index contributed by atoms with van der Waals surface area (Å²) in [5.41, 5.74) is 0.192. The second kappa shape index (κ2) is 5.31. The van der Waals surface area contributed by atoms with Gasteiger partial charge in [0, 0.05) is 13.2 Å². The predicted molar refractivity (Wildman–Crippen MR) is 76.0 cm³/mol. The lowest BCUT2D eigenvalue weighted by atomic mass is 10.3. The number of rotatable bonds is 4. The Bertz CT molecular complexity index is 819. The highest BCUT2D eigenvalue weighted by atomic mass is 32.2. The molecule has 2 rings (SSSR count). The van der Waals surface area contributed by atoms with Crippen molar-refractivity contribution in [2.75, 3.05) is 5.32 Å². The molecule has 0 radical (unpaired) electrons. The van der Waals surface area contributed by atoms with Crippen molar-refractivity contribution in [1.29, 1.82) is 0 Å². The van der Waals surface area contributed by atoms with Crippen molar-refractivity contribution >= 4 is 38.9 Å². The molecule has 1 amide bonds. The molecular weight excluding hydrogens is 318 g/mol. The number of sulfonamides is 1. The number of carbonyl (C=O) groups excluding carboxylic acids is 1. The molecule has 2 aromatic rings. The Balaban J connectivity index is 2.31. The van der Waals surface area contributed by atoms with Gasteiger partial charge in [0.1, 0.15) is 15.5 Å². The minimum Gasteiger partial charge on any atom is -0.477 e. The van der Waals surface area contributed by atoms with Crippen LogP contribution in [0.5, 0.6) is 0 Å². The Hall–Kier alpha value is -2.17. The van der Waals surface area contributed by atoms with Gasteiger partial charge in [-0.15, -0.1) is 11.3 Å². The van der Waals surface area contributed by atoms with Crippen LogP contribution in [0.1, 0.15) is 20.2 Å². The molecule has 112 valence electrons. The van der Waals surface area contributed by atoms with Crippen molar-refractivity contribution < 1.29 is 23.1 Å². The Morgan fingerprint density at radius 2 is 2.10 bits per heavy atom. The van der Waals surface area contributed by atoms with Crippen LogP contribution >= 0.6 is 11.3 Å². The van der Waals surface area contributed by atoms with E-state index in [2.05, 4.69) is 5.32 Å². The smallest absolute Gasteiger partial charge is 0.348 e. The van der Waals surface area contributed by atoms with Crippen LogP contribution in [-0.4, -0.2) is 30.0 Å². The number of hydrogen-bond acceptors (Lipinski definition) is 5. The number of carboxylic acid groups (broad SMARTS) is 1. The van der Waals surface area contributed by atoms with Crippen molar-refractivity contribution in [2.24, 2.45) is 12.2 Å². The fourth-order valence-electron chi connectivity index (χ4n) is 1.68. The molecule has 0 saturated carbocycles. The lowest BCUT2D eigenvalue weighted by Gasteiger charge is -2.05. The van der Waals surface area contributed by atoms with Crippen LogP contribution in [0.4, 0.5) is 5.69 Å². The summed E-state index contributed by atoms with van der Waals surface area (Å²) in [7, 11) is -2.43. The quantitative estimate of drug-likeness (QED) is 0.759. The van der Waals surface area contributed by atoms with E-state index in [0.29, 0.717) is 0 Å². The number of anilines is 1. The van der Waals surface area contributed by atoms with Gasteiger partial charge in [-0.05, 0) is 17.5 Å². The Morgan fingerprint density at radius 1 is 1.43 bits per heavy atom. The lowest BCUT2D eigenvalue weighted by molar-refractivity contribution is 0.0703. The van der Waals surface area contributed by atoms with E-state index in [1.807, 2.05) is 0 Å². The summed E-state index contributed by atoms with van der Waals surface area (Å²) in [4.78, 5) is 22.8. The van der Waals surface area contributed by atoms with Crippen LogP contribution in [0.15, 0.2) is 28.6 Å². The van der Waals surface area contributed by atoms with Crippen molar-refractivity contribution in [2.45, 2.75) is 4.90 Å². The first-order valence-electron chi connectivity index (χ1n) is 5.51. The maximum atomic E-state index is 12.1. The molecule has 0 atom stereocenters. The fraction of sp³-hybridized carbons (Fsp3) is 0.0909. The second-order valence-corrected chi connectivity index (χ2v) is 6.62. The van der Waals surface area contributed by atoms with E-state index in [-0.39, 0.29) is 21.2 Å². The van der Waals surface area contributed by atoms with Gasteiger partial charge < -0.3 is 15.0 Å². The summed E-state index contributed by atoms with van der Waals surface area (Å²) < 4.78 is 23.8. The maximum absolute atomic E-state index is 12.1. The van der Waals surface area contributed by atoms with E-state index >= 15 is 0 Å². The second-order valence-electron chi connectivity index (χ2n) is 4.14. The van der Waals surface area contributed by atoms with E-state index in [0.717, 1.165) is 17.4 Å². The molecular formula is C11H11N3O5S2. The standard InChI is InChI=1S/C11H11N3O5S2/c1-14-5-6(21(12,18)19)4-8(14)10(15)13-7-2-3-20-9(7)11(16)17/h2-5H,1H3,(H,13,15)(H,16,17)(H2,12,18,19). The number of aryl methyl sites for hydroxylation is 1. The van der Waals surface area contributed by atoms with Gasteiger partial charge in [-0.2, -0.15) is 0 Å². The van der Waals surface area contributed by atoms with Gasteiger partial charge in [0.2, 0.25) is 10.0 Å². The van der Waals surface area contributed by atoms with E-state index in [4.69, 9.17) is 10.2 Å². The molecule has 0 unspecified atom stereocenters. The third kappa shape index (κ3) is 3.12. The number of aromatic nitrogens is 1. The van der Waals surface area contributed by atoms with Crippen LogP contribution in [0.25, 0.3) is 0 Å². The first-order chi connectivity index (χ1) is 9.70. The van der Waals surface area contributed by atoms with Crippen molar-refractivity contribution in [1.82, 2.24) is 4.57 Å². The number of primary sulfonamides is 1. The van der Waals surface area contributed by atoms with Gasteiger partial charge in [-0.1, -0.05) is 0 Å². The van der Waals surface area contributed by atoms with Gasteiger partial charge >= 0.3 is 5.97 Å². The highest BCUT2D eigenvalue weighted by Crippen LogP contribution is 2.23. The topological polar surface area (TPSA) is 131 Å². The number of carbonyl (C=O) groups is 2. The zero-order valence-corrected chi connectivity index (χ0v) is 12.4. The molecule has 0 aromatic carbocycles. The largest absolute Gasteiger partial charge is 0.477 e. The molecule has 0 bridgehead atoms. The monoisotopic (exact) mass is 329 g/mol. The molecule has 2 aromatic heterocycles. The van der Waals surface area contributed by atoms with Crippen LogP contribution in [0.3, 0.4) is 0 Å². The summed E-state index contributed by atoms with van der Waals surface area (Å²) in [5, 5.41) is 17.9. The molecule has 8 nitrogen and oxygen atoms in total. The molecule has 0 spiro atoms. The number of nitrogens with two attached hydrogens (primary N) is 1. The number of nitrogens with one attached hydrogen (secondary N) is 1. The minimum atomic E-state index is -3.91. The number of amides is 1. The Kier molecular flexibility index (Phi) is 3.85. The van der Waals surface area contributed by atoms with Crippen molar-refractivity contribution in [3.05, 3.63) is 34.3 Å². The average Bonchev–Trinajstić information content (AvgIpc) is 2.94. The zero-order chi connectivity index (χ0) is 15.8. The number of hydrogen-bond donors (Lipinski definition) is 3. The van der Waals surface area contributed by atoms with Gasteiger partial charge in [-0.25, -0.2) is 18.4 Å². The summed E-state index contributed by atoms with van der Waals surface area (Å²) in [6, 6.07) is 2.58. The predicted octanol–water partition coefficient (Wildman–Crippen LogP) is 0.684. The van der Waals surface area contributed by atoms with Gasteiger partial charge in [0.25, 0.3) is 5.91 Å². The normalized spacial score (nSPS) is 11.3. The third-order valence-corrected chi connectivity index (χ3v) is 4.43. The number of nitrogens with zero attached hydrogens (tertiary/aromatic N) is 1. The zero-order valence-electron chi connectivity index (χ0n) is 10.7. The fourth-order valence-corrected chi connectivity index (χ4v) is 2.94. The van der Waals surface area contributed by atoms with E-state index < -0.39 is 21.9 Å². The SMILES string of the molecule is Cn1cc(S(N)(=O)=O)cc1C(=O)Nc1ccsc1C(=O)O. The number of aromatic carboxylic acids is 1. The van der Waals surface area contributed by atoms with E-state index in [1.54, 1.807) is 0 Å². The minimum absolute atomic E-state index is 0.00997. The third-order valence-electron chi connectivity index (χ3n) is 2.65. The molecule has 0 aliphatic carbocycles. The van der Waals surface area contributed by atoms with Gasteiger partial charge in [0.15, 0.2) is 0 Å². The molecule has 0 aliphatic heterocycles. The van der Waals surface area contributed by atoms with Crippen molar-refractivity contribution in [3.63, 3.8) is 0 Å². The van der Waals surface area contributed by atoms with Gasteiger partial charge in [-0.3, -0.25) is 4.79 Å². The van der Waals surface area contributed by atoms with Crippen LogP contribution in [0.2, 0.25) is 0 Å². The molecule has 0 saturated heterocycles. The Labute approximate surface area is 123 Å². The lowest BCUT2D eigenvalue weighted by Crippen LogP contribution is -2.16. The van der Waals surface area contributed by atoms with E-state index in [1.165, 1.54) is 29.3 Å². The number of carboxylic acids is 1. The molecule has 10 heteroatoms. The van der Waals surface area contributed by atoms with Crippen LogP contribution < -0.4 is 10.5 Å². The summed E-state index contributed by atoms with van der Waals surface area (Å²) in [5.74, 6) is -1.79. The molecule has 0 fully saturated rings. The summed E-state index contributed by atoms with van der Waals surface area (Å²) in [6.07, 6.45) is 1.20. The highest BCUT2D eigenvalue weighted by Gasteiger charge is 2.20. The summed E-state index contributed by atoms with van der Waals surface area (Å²) in [6.45, 7) is 0. The average molecular weight is 329 g/mol. The first kappa shape index (κ1) is 15.2.